The molecule has 0 bridgehead atoms. The number of aromatic nitrogens is 2. The predicted octanol–water partition coefficient (Wildman–Crippen LogP) is 4.59. The maximum atomic E-state index is 9.84. The van der Waals surface area contributed by atoms with E-state index in [0.29, 0.717) is 17.3 Å². The van der Waals surface area contributed by atoms with E-state index in [2.05, 4.69) is 44.9 Å². The second-order valence-electron chi connectivity index (χ2n) is 7.32. The highest BCUT2D eigenvalue weighted by molar-refractivity contribution is 7.98. The summed E-state index contributed by atoms with van der Waals surface area (Å²) in [6.07, 6.45) is 3.35. The van der Waals surface area contributed by atoms with Crippen LogP contribution < -0.4 is 15.0 Å². The van der Waals surface area contributed by atoms with Crippen molar-refractivity contribution in [3.8, 4) is 5.75 Å². The lowest BCUT2D eigenvalue weighted by Crippen LogP contribution is -2.36. The molecule has 0 radical (unpaired) electrons. The number of rotatable bonds is 6. The van der Waals surface area contributed by atoms with Crippen molar-refractivity contribution in [2.75, 3.05) is 36.7 Å². The van der Waals surface area contributed by atoms with Gasteiger partial charge in [-0.1, -0.05) is 17.7 Å². The van der Waals surface area contributed by atoms with Crippen molar-refractivity contribution in [3.63, 3.8) is 0 Å². The summed E-state index contributed by atoms with van der Waals surface area (Å²) in [4.78, 5) is 3.39. The molecule has 0 spiro atoms. The number of aliphatic hydroxyl groups excluding tert-OH is 1. The molecule has 2 heterocycles. The second kappa shape index (κ2) is 9.29. The van der Waals surface area contributed by atoms with E-state index in [1.54, 1.807) is 18.9 Å². The van der Waals surface area contributed by atoms with Crippen LogP contribution in [0.2, 0.25) is 5.02 Å². The summed E-state index contributed by atoms with van der Waals surface area (Å²) < 4.78 is 5.23. The molecule has 0 amide bonds. The van der Waals surface area contributed by atoms with Gasteiger partial charge < -0.3 is 20.1 Å². The van der Waals surface area contributed by atoms with Crippen molar-refractivity contribution >= 4 is 45.8 Å². The summed E-state index contributed by atoms with van der Waals surface area (Å²) in [7, 11) is 1.61. The Morgan fingerprint density at radius 1 is 1.17 bits per heavy atom. The van der Waals surface area contributed by atoms with Gasteiger partial charge in [-0.2, -0.15) is 0 Å². The first-order valence-electron chi connectivity index (χ1n) is 9.92. The fraction of sp³-hybridized carbons (Fsp3) is 0.364. The molecule has 0 saturated carbocycles. The van der Waals surface area contributed by atoms with Gasteiger partial charge in [0.1, 0.15) is 5.75 Å². The largest absolute Gasteiger partial charge is 0.495 e. The van der Waals surface area contributed by atoms with Gasteiger partial charge in [0.15, 0.2) is 11.6 Å². The first-order valence-corrected chi connectivity index (χ1v) is 11.5. The van der Waals surface area contributed by atoms with Gasteiger partial charge in [-0.3, -0.25) is 0 Å². The molecule has 2 aromatic carbocycles. The zero-order valence-corrected chi connectivity index (χ0v) is 18.6. The van der Waals surface area contributed by atoms with Crippen LogP contribution in [0.1, 0.15) is 18.4 Å². The summed E-state index contributed by atoms with van der Waals surface area (Å²) in [5.41, 5.74) is 1.03. The van der Waals surface area contributed by atoms with Crippen molar-refractivity contribution in [2.24, 2.45) is 0 Å². The summed E-state index contributed by atoms with van der Waals surface area (Å²) in [5.74, 6) is 2.28. The fourth-order valence-corrected chi connectivity index (χ4v) is 4.41. The van der Waals surface area contributed by atoms with E-state index in [4.69, 9.17) is 16.3 Å². The molecule has 4 rings (SSSR count). The third kappa shape index (κ3) is 4.43. The molecule has 0 atom stereocenters. The Bertz CT molecular complexity index is 1040. The molecule has 30 heavy (non-hydrogen) atoms. The van der Waals surface area contributed by atoms with Gasteiger partial charge in [-0.15, -0.1) is 22.0 Å². The molecule has 8 heteroatoms. The highest BCUT2D eigenvalue weighted by atomic mass is 35.5. The fourth-order valence-electron chi connectivity index (χ4n) is 3.69. The number of hydrogen-bond donors (Lipinski definition) is 2. The van der Waals surface area contributed by atoms with Gasteiger partial charge in [-0.05, 0) is 55.0 Å². The van der Waals surface area contributed by atoms with E-state index in [1.807, 2.05) is 18.2 Å². The Labute approximate surface area is 185 Å². The van der Waals surface area contributed by atoms with Crippen molar-refractivity contribution in [1.82, 2.24) is 10.2 Å². The topological polar surface area (TPSA) is 70.5 Å². The van der Waals surface area contributed by atoms with Crippen LogP contribution in [0.25, 0.3) is 10.8 Å². The Hall–Kier alpha value is -2.22. The standard InChI is InChI=1S/C22H25ClN4O2S/c1-29-20-6-3-14(11-19(20)23)13-24-21-18-12-16(30-2)4-5-17(18)22(26-25-21)27-9-7-15(28)8-10-27/h3-6,11-12,15,28H,7-10,13H2,1-2H3,(H,24,25). The van der Waals surface area contributed by atoms with Gasteiger partial charge in [0.05, 0.1) is 18.2 Å². The molecule has 0 unspecified atom stereocenters. The van der Waals surface area contributed by atoms with Crippen LogP contribution in [-0.2, 0) is 6.54 Å². The molecule has 1 saturated heterocycles. The van der Waals surface area contributed by atoms with E-state index in [-0.39, 0.29) is 6.10 Å². The first-order chi connectivity index (χ1) is 14.6. The Kier molecular flexibility index (Phi) is 6.51. The number of methoxy groups -OCH3 is 1. The van der Waals surface area contributed by atoms with Crippen LogP contribution in [0.15, 0.2) is 41.3 Å². The molecule has 1 aromatic heterocycles. The van der Waals surface area contributed by atoms with Crippen LogP contribution in [0.5, 0.6) is 5.75 Å². The minimum atomic E-state index is -0.221. The zero-order valence-electron chi connectivity index (χ0n) is 17.1. The lowest BCUT2D eigenvalue weighted by Gasteiger charge is -2.31. The van der Waals surface area contributed by atoms with E-state index in [9.17, 15) is 5.11 Å². The number of nitrogens with one attached hydrogen (secondary N) is 1. The summed E-state index contributed by atoms with van der Waals surface area (Å²) in [6.45, 7) is 2.14. The monoisotopic (exact) mass is 444 g/mol. The Balaban J connectivity index is 1.64. The molecule has 2 N–H and O–H groups in total. The summed E-state index contributed by atoms with van der Waals surface area (Å²) >= 11 is 7.96. The van der Waals surface area contributed by atoms with Crippen molar-refractivity contribution in [1.29, 1.82) is 0 Å². The van der Waals surface area contributed by atoms with Gasteiger partial charge in [0.25, 0.3) is 0 Å². The predicted molar refractivity (Wildman–Crippen MR) is 124 cm³/mol. The van der Waals surface area contributed by atoms with Crippen LogP contribution in [0.4, 0.5) is 11.6 Å². The molecule has 1 aliphatic rings. The van der Waals surface area contributed by atoms with Crippen molar-refractivity contribution in [3.05, 3.63) is 47.0 Å². The van der Waals surface area contributed by atoms with E-state index in [0.717, 1.165) is 53.9 Å². The van der Waals surface area contributed by atoms with E-state index >= 15 is 0 Å². The minimum absolute atomic E-state index is 0.221. The first kappa shape index (κ1) is 21.0. The lowest BCUT2D eigenvalue weighted by molar-refractivity contribution is 0.145. The number of hydrogen-bond acceptors (Lipinski definition) is 7. The molecular formula is C22H25ClN4O2S. The molecule has 1 aliphatic heterocycles. The number of piperidine rings is 1. The van der Waals surface area contributed by atoms with Crippen LogP contribution in [-0.4, -0.2) is 47.9 Å². The second-order valence-corrected chi connectivity index (χ2v) is 8.61. The number of fused-ring (bicyclic) bond motifs is 1. The van der Waals surface area contributed by atoms with Crippen LogP contribution in [0.3, 0.4) is 0 Å². The number of ether oxygens (including phenoxy) is 1. The molecule has 158 valence electrons. The SMILES string of the molecule is COc1ccc(CNc2nnc(N3CCC(O)CC3)c3ccc(SC)cc23)cc1Cl. The van der Waals surface area contributed by atoms with Gasteiger partial charge in [0.2, 0.25) is 0 Å². The normalized spacial score (nSPS) is 14.9. The molecule has 1 fully saturated rings. The maximum Gasteiger partial charge on any atom is 0.159 e. The highest BCUT2D eigenvalue weighted by Crippen LogP contribution is 2.33. The molecule has 3 aromatic rings. The van der Waals surface area contributed by atoms with Gasteiger partial charge in [-0.25, -0.2) is 0 Å². The number of thioether (sulfide) groups is 1. The number of benzene rings is 2. The smallest absolute Gasteiger partial charge is 0.159 e. The minimum Gasteiger partial charge on any atom is -0.495 e. The number of halogens is 1. The number of aliphatic hydroxyl groups is 1. The average Bonchev–Trinajstić information content (AvgIpc) is 2.77. The van der Waals surface area contributed by atoms with E-state index in [1.165, 1.54) is 4.90 Å². The van der Waals surface area contributed by atoms with Gasteiger partial charge in [0, 0.05) is 35.3 Å². The molecule has 0 aliphatic carbocycles. The average molecular weight is 445 g/mol. The number of anilines is 2. The molecular weight excluding hydrogens is 420 g/mol. The zero-order chi connectivity index (χ0) is 21.1. The number of nitrogens with zero attached hydrogens (tertiary/aromatic N) is 3. The van der Waals surface area contributed by atoms with E-state index < -0.39 is 0 Å². The third-order valence-corrected chi connectivity index (χ3v) is 6.43. The van der Waals surface area contributed by atoms with Crippen molar-refractivity contribution < 1.29 is 9.84 Å². The molecule has 6 nitrogen and oxygen atoms in total. The van der Waals surface area contributed by atoms with Crippen molar-refractivity contribution in [2.45, 2.75) is 30.4 Å². The quantitative estimate of drug-likeness (QED) is 0.539. The van der Waals surface area contributed by atoms with Crippen LogP contribution >= 0.6 is 23.4 Å². The third-order valence-electron chi connectivity index (χ3n) is 5.41. The van der Waals surface area contributed by atoms with Crippen LogP contribution in [0, 0.1) is 0 Å². The summed E-state index contributed by atoms with van der Waals surface area (Å²) in [5, 5.41) is 25.0. The highest BCUT2D eigenvalue weighted by Gasteiger charge is 2.21. The Morgan fingerprint density at radius 2 is 1.97 bits per heavy atom. The Morgan fingerprint density at radius 3 is 2.67 bits per heavy atom. The maximum absolute atomic E-state index is 9.84. The summed E-state index contributed by atoms with van der Waals surface area (Å²) in [6, 6.07) is 12.1. The van der Waals surface area contributed by atoms with Gasteiger partial charge >= 0.3 is 0 Å². The lowest BCUT2D eigenvalue weighted by atomic mass is 10.1.